The van der Waals surface area contributed by atoms with Gasteiger partial charge in [-0.2, -0.15) is 0 Å². The first kappa shape index (κ1) is 23.9. The van der Waals surface area contributed by atoms with E-state index in [1.54, 1.807) is 0 Å². The molecule has 0 atom stereocenters. The van der Waals surface area contributed by atoms with Gasteiger partial charge in [0.15, 0.2) is 0 Å². The van der Waals surface area contributed by atoms with Crippen molar-refractivity contribution in [2.24, 2.45) is 0 Å². The summed E-state index contributed by atoms with van der Waals surface area (Å²) in [4.78, 5) is 24.3. The lowest BCUT2D eigenvalue weighted by Crippen LogP contribution is -2.29. The van der Waals surface area contributed by atoms with Gasteiger partial charge in [0.1, 0.15) is 5.75 Å². The Balaban J connectivity index is 1.36. The number of amides is 2. The molecule has 3 N–H and O–H groups in total. The van der Waals surface area contributed by atoms with Gasteiger partial charge in [-0.1, -0.05) is 42.5 Å². The number of hydrogen-bond acceptors (Lipinski definition) is 4. The Morgan fingerprint density at radius 3 is 2.12 bits per heavy atom. The van der Waals surface area contributed by atoms with Crippen molar-refractivity contribution >= 4 is 23.2 Å². The highest BCUT2D eigenvalue weighted by atomic mass is 16.5. The highest BCUT2D eigenvalue weighted by Crippen LogP contribution is 2.15. The average Bonchev–Trinajstić information content (AvgIpc) is 2.82. The van der Waals surface area contributed by atoms with Crippen LogP contribution in [0.3, 0.4) is 0 Å². The first-order valence-corrected chi connectivity index (χ1v) is 11.2. The number of carbonyl (C=O) groups is 2. The number of rotatable bonds is 11. The van der Waals surface area contributed by atoms with E-state index in [0.29, 0.717) is 19.4 Å². The molecule has 0 bridgehead atoms. The number of anilines is 2. The molecule has 0 aliphatic heterocycles. The van der Waals surface area contributed by atoms with Crippen LogP contribution in [0, 0.1) is 0 Å². The summed E-state index contributed by atoms with van der Waals surface area (Å²) in [6, 6.07) is 25.0. The van der Waals surface area contributed by atoms with E-state index in [9.17, 15) is 9.59 Å². The quantitative estimate of drug-likeness (QED) is 0.397. The van der Waals surface area contributed by atoms with Crippen LogP contribution in [0.2, 0.25) is 0 Å². The molecule has 6 nitrogen and oxygen atoms in total. The maximum Gasteiger partial charge on any atom is 0.239 e. The van der Waals surface area contributed by atoms with Crippen LogP contribution >= 0.6 is 0 Å². The standard InChI is InChI=1S/C27H31N3O3/c1-20(2)33-25-15-8-22(9-16-25)18-29-27(32)19-28-23-11-13-24(14-12-23)30-26(31)17-10-21-6-4-3-5-7-21/h3-9,11-16,20,28H,10,17-19H2,1-2H3,(H,29,32)(H,30,31). The third-order valence-corrected chi connectivity index (χ3v) is 4.89. The normalized spacial score (nSPS) is 10.5. The molecule has 0 radical (unpaired) electrons. The van der Waals surface area contributed by atoms with Crippen LogP contribution in [-0.4, -0.2) is 24.5 Å². The van der Waals surface area contributed by atoms with Crippen molar-refractivity contribution < 1.29 is 14.3 Å². The van der Waals surface area contributed by atoms with E-state index in [1.807, 2.05) is 92.7 Å². The highest BCUT2D eigenvalue weighted by molar-refractivity contribution is 5.91. The lowest BCUT2D eigenvalue weighted by molar-refractivity contribution is -0.119. The molecule has 33 heavy (non-hydrogen) atoms. The Kier molecular flexibility index (Phi) is 8.88. The van der Waals surface area contributed by atoms with Gasteiger partial charge in [0.2, 0.25) is 11.8 Å². The van der Waals surface area contributed by atoms with Crippen LogP contribution in [-0.2, 0) is 22.6 Å². The summed E-state index contributed by atoms with van der Waals surface area (Å²) in [5.41, 5.74) is 3.69. The SMILES string of the molecule is CC(C)Oc1ccc(CNC(=O)CNc2ccc(NC(=O)CCc3ccccc3)cc2)cc1. The van der Waals surface area contributed by atoms with Crippen molar-refractivity contribution in [1.82, 2.24) is 5.32 Å². The maximum absolute atomic E-state index is 12.2. The van der Waals surface area contributed by atoms with E-state index >= 15 is 0 Å². The topological polar surface area (TPSA) is 79.5 Å². The minimum absolute atomic E-state index is 0.0252. The van der Waals surface area contributed by atoms with Crippen LogP contribution < -0.4 is 20.7 Å². The maximum atomic E-state index is 12.2. The van der Waals surface area contributed by atoms with Gasteiger partial charge >= 0.3 is 0 Å². The molecule has 0 heterocycles. The molecule has 3 aromatic carbocycles. The zero-order chi connectivity index (χ0) is 23.5. The fourth-order valence-electron chi connectivity index (χ4n) is 3.20. The molecular formula is C27H31N3O3. The fraction of sp³-hybridized carbons (Fsp3) is 0.259. The van der Waals surface area contributed by atoms with Gasteiger partial charge in [-0.15, -0.1) is 0 Å². The molecule has 0 aliphatic rings. The number of nitrogens with one attached hydrogen (secondary N) is 3. The Morgan fingerprint density at radius 1 is 0.788 bits per heavy atom. The molecule has 2 amide bonds. The van der Waals surface area contributed by atoms with E-state index in [0.717, 1.165) is 28.3 Å². The van der Waals surface area contributed by atoms with Crippen LogP contribution in [0.4, 0.5) is 11.4 Å². The minimum Gasteiger partial charge on any atom is -0.491 e. The monoisotopic (exact) mass is 445 g/mol. The summed E-state index contributed by atoms with van der Waals surface area (Å²) >= 11 is 0. The second-order valence-corrected chi connectivity index (χ2v) is 8.05. The summed E-state index contributed by atoms with van der Waals surface area (Å²) in [7, 11) is 0. The van der Waals surface area contributed by atoms with Crippen molar-refractivity contribution in [1.29, 1.82) is 0 Å². The molecule has 6 heteroatoms. The van der Waals surface area contributed by atoms with E-state index in [1.165, 1.54) is 0 Å². The Labute approximate surface area is 195 Å². The number of carbonyl (C=O) groups excluding carboxylic acids is 2. The first-order chi connectivity index (χ1) is 16.0. The van der Waals surface area contributed by atoms with Gasteiger partial charge in [0.25, 0.3) is 0 Å². The highest BCUT2D eigenvalue weighted by Gasteiger charge is 2.05. The Morgan fingerprint density at radius 2 is 1.45 bits per heavy atom. The molecule has 3 aromatic rings. The van der Waals surface area contributed by atoms with E-state index < -0.39 is 0 Å². The van der Waals surface area contributed by atoms with Gasteiger partial charge < -0.3 is 20.7 Å². The Bertz CT molecular complexity index is 1020. The van der Waals surface area contributed by atoms with E-state index in [2.05, 4.69) is 16.0 Å². The lowest BCUT2D eigenvalue weighted by atomic mass is 10.1. The molecule has 3 rings (SSSR count). The predicted octanol–water partition coefficient (Wildman–Crippen LogP) is 4.77. The molecule has 0 spiro atoms. The molecule has 0 aliphatic carbocycles. The van der Waals surface area contributed by atoms with E-state index in [-0.39, 0.29) is 24.5 Å². The van der Waals surface area contributed by atoms with Gasteiger partial charge in [-0.25, -0.2) is 0 Å². The summed E-state index contributed by atoms with van der Waals surface area (Å²) in [5.74, 6) is 0.691. The number of benzene rings is 3. The summed E-state index contributed by atoms with van der Waals surface area (Å²) in [6.45, 7) is 4.59. The zero-order valence-corrected chi connectivity index (χ0v) is 19.1. The van der Waals surface area contributed by atoms with Crippen LogP contribution in [0.25, 0.3) is 0 Å². The second kappa shape index (κ2) is 12.3. The second-order valence-electron chi connectivity index (χ2n) is 8.05. The number of ether oxygens (including phenoxy) is 1. The van der Waals surface area contributed by atoms with Gasteiger partial charge in [-0.05, 0) is 67.8 Å². The third kappa shape index (κ3) is 8.69. The van der Waals surface area contributed by atoms with Crippen LogP contribution in [0.5, 0.6) is 5.75 Å². The van der Waals surface area contributed by atoms with Crippen molar-refractivity contribution in [3.8, 4) is 5.75 Å². The molecule has 172 valence electrons. The van der Waals surface area contributed by atoms with Crippen LogP contribution in [0.15, 0.2) is 78.9 Å². The van der Waals surface area contributed by atoms with Crippen LogP contribution in [0.1, 0.15) is 31.4 Å². The van der Waals surface area contributed by atoms with Gasteiger partial charge in [0.05, 0.1) is 12.6 Å². The van der Waals surface area contributed by atoms with Gasteiger partial charge in [-0.3, -0.25) is 9.59 Å². The molecule has 0 unspecified atom stereocenters. The summed E-state index contributed by atoms with van der Waals surface area (Å²) in [5, 5.41) is 8.89. The molecule has 0 fully saturated rings. The van der Waals surface area contributed by atoms with Crippen molar-refractivity contribution in [2.45, 2.75) is 39.3 Å². The molecule has 0 aromatic heterocycles. The zero-order valence-electron chi connectivity index (χ0n) is 19.1. The average molecular weight is 446 g/mol. The van der Waals surface area contributed by atoms with Crippen molar-refractivity contribution in [3.63, 3.8) is 0 Å². The summed E-state index contributed by atoms with van der Waals surface area (Å²) in [6.07, 6.45) is 1.26. The molecular weight excluding hydrogens is 414 g/mol. The van der Waals surface area contributed by atoms with Gasteiger partial charge in [0, 0.05) is 24.3 Å². The van der Waals surface area contributed by atoms with Crippen molar-refractivity contribution in [2.75, 3.05) is 17.2 Å². The largest absolute Gasteiger partial charge is 0.491 e. The number of aryl methyl sites for hydroxylation is 1. The lowest BCUT2D eigenvalue weighted by Gasteiger charge is -2.11. The summed E-state index contributed by atoms with van der Waals surface area (Å²) < 4.78 is 5.62. The fourth-order valence-corrected chi connectivity index (χ4v) is 3.20. The van der Waals surface area contributed by atoms with Crippen molar-refractivity contribution in [3.05, 3.63) is 90.0 Å². The minimum atomic E-state index is -0.101. The first-order valence-electron chi connectivity index (χ1n) is 11.2. The predicted molar refractivity (Wildman–Crippen MR) is 132 cm³/mol. The van der Waals surface area contributed by atoms with E-state index in [4.69, 9.17) is 4.74 Å². The molecule has 0 saturated carbocycles. The smallest absolute Gasteiger partial charge is 0.239 e. The molecule has 0 saturated heterocycles. The third-order valence-electron chi connectivity index (χ3n) is 4.89. The number of hydrogen-bond donors (Lipinski definition) is 3. The Hall–Kier alpha value is -3.80.